The van der Waals surface area contributed by atoms with Gasteiger partial charge in [0.25, 0.3) is 0 Å². The molecule has 1 aliphatic carbocycles. The smallest absolute Gasteiger partial charge is 0.321 e. The van der Waals surface area contributed by atoms with Crippen molar-refractivity contribution in [2.45, 2.75) is 50.2 Å². The number of halogens is 1. The summed E-state index contributed by atoms with van der Waals surface area (Å²) in [6.45, 7) is 10.4. The lowest BCUT2D eigenvalue weighted by atomic mass is 9.64. The molecule has 4 nitrogen and oxygen atoms in total. The molecule has 0 amide bonds. The van der Waals surface area contributed by atoms with Crippen molar-refractivity contribution in [1.29, 1.82) is 0 Å². The average Bonchev–Trinajstić information content (AvgIpc) is 2.64. The highest BCUT2D eigenvalue weighted by molar-refractivity contribution is 6.92. The molecule has 0 N–H and O–H groups in total. The third kappa shape index (κ3) is 3.18. The lowest BCUT2D eigenvalue weighted by Gasteiger charge is -2.56. The molecule has 0 unspecified atom stereocenters. The first-order valence-electron chi connectivity index (χ1n) is 9.91. The van der Waals surface area contributed by atoms with Crippen molar-refractivity contribution in [3.05, 3.63) is 30.3 Å². The second-order valence-electron chi connectivity index (χ2n) is 8.48. The third-order valence-corrected chi connectivity index (χ3v) is 11.8. The van der Waals surface area contributed by atoms with E-state index in [-0.39, 0.29) is 17.9 Å². The normalized spacial score (nSPS) is 31.6. The van der Waals surface area contributed by atoms with Crippen LogP contribution < -0.4 is 5.19 Å². The van der Waals surface area contributed by atoms with Crippen molar-refractivity contribution in [3.63, 3.8) is 0 Å². The van der Waals surface area contributed by atoms with Crippen LogP contribution >= 0.6 is 11.6 Å². The van der Waals surface area contributed by atoms with E-state index in [1.54, 1.807) is 6.92 Å². The Morgan fingerprint density at radius 2 is 1.93 bits per heavy atom. The van der Waals surface area contributed by atoms with E-state index in [9.17, 15) is 9.59 Å². The highest BCUT2D eigenvalue weighted by Gasteiger charge is 2.67. The molecule has 1 heterocycles. The van der Waals surface area contributed by atoms with Crippen molar-refractivity contribution in [2.75, 3.05) is 26.2 Å². The van der Waals surface area contributed by atoms with E-state index in [0.717, 1.165) is 13.0 Å². The number of ketones is 1. The Balaban J connectivity index is 2.05. The molecule has 3 atom stereocenters. The molecule has 2 bridgehead atoms. The van der Waals surface area contributed by atoms with Crippen LogP contribution in [0.4, 0.5) is 0 Å². The number of ether oxygens (including phenoxy) is 1. The summed E-state index contributed by atoms with van der Waals surface area (Å²) in [5.41, 5.74) is -1.03. The topological polar surface area (TPSA) is 46.6 Å². The second-order valence-corrected chi connectivity index (χ2v) is 13.9. The van der Waals surface area contributed by atoms with Crippen LogP contribution in [-0.4, -0.2) is 55.8 Å². The fourth-order valence-corrected chi connectivity index (χ4v) is 10.1. The van der Waals surface area contributed by atoms with E-state index < -0.39 is 24.3 Å². The number of carbonyl (C=O) groups is 2. The van der Waals surface area contributed by atoms with E-state index in [2.05, 4.69) is 49.2 Å². The van der Waals surface area contributed by atoms with E-state index in [4.69, 9.17) is 16.3 Å². The molecule has 1 aromatic carbocycles. The van der Waals surface area contributed by atoms with Gasteiger partial charge in [0.05, 0.1) is 14.7 Å². The maximum atomic E-state index is 13.7. The number of hydrogen-bond donors (Lipinski definition) is 0. The molecule has 1 saturated carbocycles. The summed E-state index contributed by atoms with van der Waals surface area (Å²) in [5.74, 6) is -0.497. The Kier molecular flexibility index (Phi) is 5.59. The van der Waals surface area contributed by atoms with Crippen LogP contribution in [0.5, 0.6) is 0 Å². The lowest BCUT2D eigenvalue weighted by Crippen LogP contribution is -2.71. The Labute approximate surface area is 168 Å². The number of piperidine rings is 1. The van der Waals surface area contributed by atoms with Crippen LogP contribution in [0.3, 0.4) is 0 Å². The summed E-state index contributed by atoms with van der Waals surface area (Å²) in [7, 11) is -2.03. The molecule has 27 heavy (non-hydrogen) atoms. The SMILES string of the molecule is CCOC(=O)[C@]12CC[C@H]([Si](C)(C)c3ccccc3)[C@](Cl)(CN(CC)C1)C2=O. The molecular formula is C21H30ClNO3Si. The van der Waals surface area contributed by atoms with Crippen LogP contribution in [0.25, 0.3) is 0 Å². The van der Waals surface area contributed by atoms with Gasteiger partial charge in [-0.2, -0.15) is 0 Å². The minimum Gasteiger partial charge on any atom is -0.465 e. The summed E-state index contributed by atoms with van der Waals surface area (Å²) in [5, 5.41) is 1.31. The number of alkyl halides is 1. The summed E-state index contributed by atoms with van der Waals surface area (Å²) in [6.07, 6.45) is 1.32. The fourth-order valence-electron chi connectivity index (χ4n) is 5.14. The van der Waals surface area contributed by atoms with E-state index in [1.165, 1.54) is 5.19 Å². The molecule has 1 aliphatic heterocycles. The Hall–Kier alpha value is -1.17. The standard InChI is InChI=1S/C21H30ClNO3Si/c1-5-23-14-20(19(25)26-6-2)13-12-17(21(22,15-23)18(20)24)27(3,4)16-10-8-7-9-11-16/h7-11,17H,5-6,12-15H2,1-4H3/t17-,20+,21+/m0/s1. The van der Waals surface area contributed by atoms with Crippen LogP contribution in [0.1, 0.15) is 26.7 Å². The molecule has 6 heteroatoms. The zero-order chi connectivity index (χ0) is 19.9. The number of hydrogen-bond acceptors (Lipinski definition) is 4. The molecule has 2 fully saturated rings. The van der Waals surface area contributed by atoms with Gasteiger partial charge in [-0.1, -0.05) is 55.5 Å². The van der Waals surface area contributed by atoms with Gasteiger partial charge in [-0.05, 0) is 31.9 Å². The van der Waals surface area contributed by atoms with Gasteiger partial charge in [0.1, 0.15) is 10.3 Å². The van der Waals surface area contributed by atoms with Crippen LogP contribution in [0.2, 0.25) is 18.6 Å². The van der Waals surface area contributed by atoms with Crippen LogP contribution in [-0.2, 0) is 14.3 Å². The molecule has 1 saturated heterocycles. The molecule has 0 spiro atoms. The molecule has 3 rings (SSSR count). The minimum atomic E-state index is -2.03. The zero-order valence-electron chi connectivity index (χ0n) is 16.8. The number of Topliss-reactive ketones (excluding diaryl/α,β-unsaturated/α-hetero) is 1. The van der Waals surface area contributed by atoms with Gasteiger partial charge in [0.2, 0.25) is 0 Å². The maximum Gasteiger partial charge on any atom is 0.321 e. The van der Waals surface area contributed by atoms with Crippen molar-refractivity contribution >= 4 is 36.6 Å². The first kappa shape index (κ1) is 20.6. The number of likely N-dealkylation sites (tertiary alicyclic amines) is 1. The average molecular weight is 408 g/mol. The van der Waals surface area contributed by atoms with Crippen LogP contribution in [0, 0.1) is 5.41 Å². The Bertz CT molecular complexity index is 725. The quantitative estimate of drug-likeness (QED) is 0.325. The molecule has 1 aromatic rings. The van der Waals surface area contributed by atoms with Gasteiger partial charge in [0.15, 0.2) is 5.78 Å². The maximum absolute atomic E-state index is 13.7. The van der Waals surface area contributed by atoms with Gasteiger partial charge >= 0.3 is 5.97 Å². The highest BCUT2D eigenvalue weighted by atomic mass is 35.5. The second kappa shape index (κ2) is 7.34. The summed E-state index contributed by atoms with van der Waals surface area (Å²) in [4.78, 5) is 27.7. The third-order valence-electron chi connectivity index (χ3n) is 6.67. The van der Waals surface area contributed by atoms with E-state index in [1.807, 2.05) is 6.07 Å². The monoisotopic (exact) mass is 407 g/mol. The zero-order valence-corrected chi connectivity index (χ0v) is 18.5. The molecule has 2 aliphatic rings. The predicted octanol–water partition coefficient (Wildman–Crippen LogP) is 3.20. The van der Waals surface area contributed by atoms with Crippen molar-refractivity contribution in [2.24, 2.45) is 5.41 Å². The summed E-state index contributed by atoms with van der Waals surface area (Å²) >= 11 is 7.20. The van der Waals surface area contributed by atoms with Gasteiger partial charge < -0.3 is 4.74 Å². The highest BCUT2D eigenvalue weighted by Crippen LogP contribution is 2.55. The number of esters is 1. The van der Waals surface area contributed by atoms with Gasteiger partial charge in [0, 0.05) is 13.1 Å². The molecule has 0 aromatic heterocycles. The van der Waals surface area contributed by atoms with Crippen molar-refractivity contribution in [1.82, 2.24) is 4.90 Å². The molecule has 148 valence electrons. The number of benzene rings is 1. The molecular weight excluding hydrogens is 378 g/mol. The van der Waals surface area contributed by atoms with Crippen LogP contribution in [0.15, 0.2) is 30.3 Å². The van der Waals surface area contributed by atoms with Gasteiger partial charge in [-0.25, -0.2) is 0 Å². The van der Waals surface area contributed by atoms with E-state index in [0.29, 0.717) is 19.5 Å². The van der Waals surface area contributed by atoms with E-state index >= 15 is 0 Å². The molecule has 0 radical (unpaired) electrons. The van der Waals surface area contributed by atoms with Crippen molar-refractivity contribution in [3.8, 4) is 0 Å². The number of fused-ring (bicyclic) bond motifs is 2. The Morgan fingerprint density at radius 3 is 2.52 bits per heavy atom. The number of rotatable bonds is 5. The minimum absolute atomic E-state index is 0.0819. The predicted molar refractivity (Wildman–Crippen MR) is 111 cm³/mol. The summed E-state index contributed by atoms with van der Waals surface area (Å²) < 4.78 is 5.34. The first-order chi connectivity index (χ1) is 12.7. The first-order valence-corrected chi connectivity index (χ1v) is 13.4. The largest absolute Gasteiger partial charge is 0.465 e. The van der Waals surface area contributed by atoms with Gasteiger partial charge in [-0.3, -0.25) is 14.5 Å². The lowest BCUT2D eigenvalue weighted by molar-refractivity contribution is -0.168. The fraction of sp³-hybridized carbons (Fsp3) is 0.619. The van der Waals surface area contributed by atoms with Crippen molar-refractivity contribution < 1.29 is 14.3 Å². The number of nitrogens with zero attached hydrogens (tertiary/aromatic N) is 1. The van der Waals surface area contributed by atoms with Gasteiger partial charge in [-0.15, -0.1) is 11.6 Å². The summed E-state index contributed by atoms with van der Waals surface area (Å²) in [6, 6.07) is 10.4. The Morgan fingerprint density at radius 1 is 1.26 bits per heavy atom. The number of carbonyl (C=O) groups excluding carboxylic acids is 2.